The number of benzene rings is 1. The molecule has 0 aliphatic heterocycles. The fraction of sp³-hybridized carbons (Fsp3) is 0.438. The summed E-state index contributed by atoms with van der Waals surface area (Å²) in [5, 5.41) is 24.1. The summed E-state index contributed by atoms with van der Waals surface area (Å²) >= 11 is 5.51. The number of hydrogen-bond acceptors (Lipinski definition) is 6. The van der Waals surface area contributed by atoms with Crippen LogP contribution in [0.4, 0.5) is 5.69 Å². The SMILES string of the molecule is COCCOCC(=O)Nc1c(I)c(C(=O)O)c(I)c(C(=O)NCC(C)O)c1I. The van der Waals surface area contributed by atoms with Crippen molar-refractivity contribution in [2.24, 2.45) is 0 Å². The van der Waals surface area contributed by atoms with Gasteiger partial charge in [-0.2, -0.15) is 0 Å². The Morgan fingerprint density at radius 1 is 1.07 bits per heavy atom. The van der Waals surface area contributed by atoms with E-state index in [1.165, 1.54) is 14.0 Å². The van der Waals surface area contributed by atoms with Crippen molar-refractivity contribution in [3.8, 4) is 0 Å². The molecule has 156 valence electrons. The first-order chi connectivity index (χ1) is 13.1. The van der Waals surface area contributed by atoms with E-state index in [2.05, 4.69) is 10.6 Å². The van der Waals surface area contributed by atoms with Gasteiger partial charge in [-0.3, -0.25) is 9.59 Å². The van der Waals surface area contributed by atoms with E-state index < -0.39 is 23.9 Å². The average molecular weight is 732 g/mol. The number of carbonyl (C=O) groups is 3. The minimum atomic E-state index is -1.22. The van der Waals surface area contributed by atoms with E-state index in [1.54, 1.807) is 22.6 Å². The van der Waals surface area contributed by atoms with Gasteiger partial charge in [0.1, 0.15) is 6.61 Å². The highest BCUT2D eigenvalue weighted by molar-refractivity contribution is 14.1. The van der Waals surface area contributed by atoms with E-state index in [1.807, 2.05) is 45.2 Å². The van der Waals surface area contributed by atoms with Crippen LogP contribution < -0.4 is 10.6 Å². The summed E-state index contributed by atoms with van der Waals surface area (Å²) < 4.78 is 10.9. The zero-order valence-corrected chi connectivity index (χ0v) is 21.4. The summed E-state index contributed by atoms with van der Waals surface area (Å²) in [7, 11) is 1.51. The van der Waals surface area contributed by atoms with Crippen molar-refractivity contribution in [2.45, 2.75) is 13.0 Å². The van der Waals surface area contributed by atoms with E-state index in [-0.39, 0.29) is 40.1 Å². The van der Waals surface area contributed by atoms with Gasteiger partial charge in [-0.15, -0.1) is 0 Å². The van der Waals surface area contributed by atoms with Crippen LogP contribution in [0.2, 0.25) is 0 Å². The molecule has 1 aromatic carbocycles. The van der Waals surface area contributed by atoms with Gasteiger partial charge in [-0.1, -0.05) is 0 Å². The molecule has 0 aliphatic rings. The van der Waals surface area contributed by atoms with Crippen LogP contribution >= 0.6 is 67.8 Å². The summed E-state index contributed by atoms with van der Waals surface area (Å²) in [6.07, 6.45) is -0.759. The molecular weight excluding hydrogens is 713 g/mol. The minimum Gasteiger partial charge on any atom is -0.478 e. The number of aliphatic hydroxyl groups is 1. The van der Waals surface area contributed by atoms with Crippen molar-refractivity contribution in [3.05, 3.63) is 21.8 Å². The van der Waals surface area contributed by atoms with Gasteiger partial charge in [0.15, 0.2) is 0 Å². The van der Waals surface area contributed by atoms with Crippen molar-refractivity contribution in [1.82, 2.24) is 5.32 Å². The van der Waals surface area contributed by atoms with E-state index in [0.717, 1.165) is 0 Å². The second kappa shape index (κ2) is 12.4. The normalized spacial score (nSPS) is 11.8. The lowest BCUT2D eigenvalue weighted by Crippen LogP contribution is -2.32. The zero-order valence-electron chi connectivity index (χ0n) is 15.0. The van der Waals surface area contributed by atoms with Gasteiger partial charge in [0, 0.05) is 17.2 Å². The molecule has 0 saturated carbocycles. The summed E-state index contributed by atoms with van der Waals surface area (Å²) in [5.41, 5.74) is 0.260. The zero-order chi connectivity index (χ0) is 21.4. The monoisotopic (exact) mass is 732 g/mol. The molecule has 2 amide bonds. The lowest BCUT2D eigenvalue weighted by molar-refractivity contribution is -0.121. The van der Waals surface area contributed by atoms with Crippen molar-refractivity contribution < 1.29 is 34.1 Å². The predicted octanol–water partition coefficient (Wildman–Crippen LogP) is 1.91. The van der Waals surface area contributed by atoms with Crippen LogP contribution in [0.5, 0.6) is 0 Å². The Morgan fingerprint density at radius 2 is 1.68 bits per heavy atom. The van der Waals surface area contributed by atoms with Crippen molar-refractivity contribution in [2.75, 3.05) is 38.8 Å². The molecule has 9 nitrogen and oxygen atoms in total. The molecular formula is C16H19I3N2O7. The molecule has 28 heavy (non-hydrogen) atoms. The Bertz CT molecular complexity index is 756. The van der Waals surface area contributed by atoms with Crippen molar-refractivity contribution >= 4 is 91.2 Å². The maximum absolute atomic E-state index is 12.6. The fourth-order valence-electron chi connectivity index (χ4n) is 1.97. The predicted molar refractivity (Wildman–Crippen MR) is 127 cm³/mol. The Kier molecular flexibility index (Phi) is 11.4. The van der Waals surface area contributed by atoms with Gasteiger partial charge in [-0.25, -0.2) is 4.79 Å². The molecule has 4 N–H and O–H groups in total. The van der Waals surface area contributed by atoms with E-state index in [9.17, 15) is 24.6 Å². The summed E-state index contributed by atoms with van der Waals surface area (Å²) in [6, 6.07) is 0. The van der Waals surface area contributed by atoms with Crippen LogP contribution in [-0.4, -0.2) is 67.6 Å². The van der Waals surface area contributed by atoms with Gasteiger partial charge >= 0.3 is 5.97 Å². The first kappa shape index (κ1) is 25.7. The third-order valence-electron chi connectivity index (χ3n) is 3.25. The van der Waals surface area contributed by atoms with E-state index >= 15 is 0 Å². The average Bonchev–Trinajstić information content (AvgIpc) is 2.60. The minimum absolute atomic E-state index is 0.00835. The Hall–Kier alpha value is -0.300. The maximum atomic E-state index is 12.6. The number of carboxylic acids is 1. The lowest BCUT2D eigenvalue weighted by Gasteiger charge is -2.18. The lowest BCUT2D eigenvalue weighted by atomic mass is 10.1. The standard InChI is InChI=1S/C16H19I3N2O7/c1-7(22)5-20-15(24)9-11(17)10(16(25)26)13(19)14(12(9)18)21-8(23)6-28-4-3-27-2/h7,22H,3-6H2,1-2H3,(H,20,24)(H,21,23)(H,25,26). The number of ether oxygens (including phenoxy) is 2. The number of aliphatic hydroxyl groups excluding tert-OH is 1. The Labute approximate surface area is 202 Å². The topological polar surface area (TPSA) is 134 Å². The summed E-state index contributed by atoms with van der Waals surface area (Å²) in [4.78, 5) is 36.5. The molecule has 1 rings (SSSR count). The maximum Gasteiger partial charge on any atom is 0.337 e. The van der Waals surface area contributed by atoms with Crippen molar-refractivity contribution in [1.29, 1.82) is 0 Å². The smallest absolute Gasteiger partial charge is 0.337 e. The van der Waals surface area contributed by atoms with Gasteiger partial charge < -0.3 is 30.3 Å². The molecule has 1 aromatic rings. The Balaban J connectivity index is 3.26. The van der Waals surface area contributed by atoms with Crippen LogP contribution in [0.1, 0.15) is 27.6 Å². The van der Waals surface area contributed by atoms with E-state index in [4.69, 9.17) is 9.47 Å². The molecule has 0 spiro atoms. The first-order valence-corrected chi connectivity index (χ1v) is 11.1. The number of methoxy groups -OCH3 is 1. The molecule has 1 unspecified atom stereocenters. The third-order valence-corrected chi connectivity index (χ3v) is 6.48. The van der Waals surface area contributed by atoms with Gasteiger partial charge in [0.05, 0.1) is 43.3 Å². The van der Waals surface area contributed by atoms with Crippen LogP contribution in [0, 0.1) is 10.7 Å². The molecule has 0 heterocycles. The van der Waals surface area contributed by atoms with Crippen LogP contribution in [0.15, 0.2) is 0 Å². The number of aromatic carboxylic acids is 1. The molecule has 0 saturated heterocycles. The molecule has 12 heteroatoms. The molecule has 0 aliphatic carbocycles. The molecule has 0 bridgehead atoms. The van der Waals surface area contributed by atoms with E-state index in [0.29, 0.717) is 13.7 Å². The molecule has 0 fully saturated rings. The highest BCUT2D eigenvalue weighted by atomic mass is 127. The quantitative estimate of drug-likeness (QED) is 0.214. The van der Waals surface area contributed by atoms with Gasteiger partial charge in [-0.05, 0) is 74.7 Å². The van der Waals surface area contributed by atoms with Crippen LogP contribution in [-0.2, 0) is 14.3 Å². The number of halogens is 3. The van der Waals surface area contributed by atoms with Gasteiger partial charge in [0.2, 0.25) is 5.91 Å². The largest absolute Gasteiger partial charge is 0.478 e. The van der Waals surface area contributed by atoms with Gasteiger partial charge in [0.25, 0.3) is 5.91 Å². The number of hydrogen-bond donors (Lipinski definition) is 4. The molecule has 0 radical (unpaired) electrons. The highest BCUT2D eigenvalue weighted by Crippen LogP contribution is 2.35. The van der Waals surface area contributed by atoms with Crippen molar-refractivity contribution in [3.63, 3.8) is 0 Å². The number of rotatable bonds is 10. The van der Waals surface area contributed by atoms with Crippen LogP contribution in [0.3, 0.4) is 0 Å². The highest BCUT2D eigenvalue weighted by Gasteiger charge is 2.28. The number of carbonyl (C=O) groups excluding carboxylic acids is 2. The molecule has 1 atom stereocenters. The Morgan fingerprint density at radius 3 is 2.21 bits per heavy atom. The summed E-state index contributed by atoms with van der Waals surface area (Å²) in [5.74, 6) is -2.25. The fourth-order valence-corrected chi connectivity index (χ4v) is 6.36. The molecule has 0 aromatic heterocycles. The second-order valence-electron chi connectivity index (χ2n) is 5.52. The first-order valence-electron chi connectivity index (χ1n) is 7.88. The summed E-state index contributed by atoms with van der Waals surface area (Å²) in [6.45, 7) is 1.85. The third kappa shape index (κ3) is 7.19. The number of anilines is 1. The van der Waals surface area contributed by atoms with Crippen LogP contribution in [0.25, 0.3) is 0 Å². The second-order valence-corrected chi connectivity index (χ2v) is 8.76. The number of carboxylic acid groups (broad SMARTS) is 1. The number of amides is 2. The number of nitrogens with one attached hydrogen (secondary N) is 2.